The predicted molar refractivity (Wildman–Crippen MR) is 168 cm³/mol. The van der Waals surface area contributed by atoms with Crippen LogP contribution in [0.1, 0.15) is 34.7 Å². The monoisotopic (exact) mass is 611 g/mol. The van der Waals surface area contributed by atoms with E-state index in [1.54, 1.807) is 38.3 Å². The second-order valence-electron chi connectivity index (χ2n) is 11.2. The average molecular weight is 612 g/mol. The van der Waals surface area contributed by atoms with Gasteiger partial charge in [0.2, 0.25) is 0 Å². The van der Waals surface area contributed by atoms with Crippen molar-refractivity contribution in [2.75, 3.05) is 25.2 Å². The smallest absolute Gasteiger partial charge is 0.335 e. The van der Waals surface area contributed by atoms with Crippen molar-refractivity contribution in [3.8, 4) is 17.2 Å². The number of urea groups is 1. The first-order chi connectivity index (χ1) is 21.5. The first-order valence-corrected chi connectivity index (χ1v) is 14.5. The number of carbonyl (C=O) groups excluding carboxylic acids is 1. The number of aryl methyl sites for hydroxylation is 1. The molecule has 0 atom stereocenters. The predicted octanol–water partition coefficient (Wildman–Crippen LogP) is 6.91. The van der Waals surface area contributed by atoms with Crippen LogP contribution in [0.2, 0.25) is 0 Å². The molecular formula is C35H34FN3O6. The fourth-order valence-corrected chi connectivity index (χ4v) is 5.83. The number of halogens is 1. The molecule has 1 aromatic heterocycles. The highest BCUT2D eigenvalue weighted by Crippen LogP contribution is 2.46. The molecule has 10 heteroatoms. The molecule has 232 valence electrons. The molecule has 0 aliphatic carbocycles. The SMILES string of the molecule is C=C1c2c(Oc3cccc(C4(C)OCCO4)c3C)cc(=O)n(C)c2N(c2ccc(C)cc2F)C(=O)N1Cc1ccc(OC)cc1. The van der Waals surface area contributed by atoms with E-state index in [9.17, 15) is 9.59 Å². The van der Waals surface area contributed by atoms with Crippen molar-refractivity contribution in [2.45, 2.75) is 33.1 Å². The Morgan fingerprint density at radius 2 is 1.69 bits per heavy atom. The molecular weight excluding hydrogens is 577 g/mol. The molecule has 0 spiro atoms. The highest BCUT2D eigenvalue weighted by atomic mass is 19.1. The van der Waals surface area contributed by atoms with E-state index < -0.39 is 23.2 Å². The van der Waals surface area contributed by atoms with Gasteiger partial charge in [0, 0.05) is 24.2 Å². The van der Waals surface area contributed by atoms with Crippen LogP contribution >= 0.6 is 0 Å². The summed E-state index contributed by atoms with van der Waals surface area (Å²) in [6, 6.07) is 18.2. The number of hydrogen-bond acceptors (Lipinski definition) is 6. The van der Waals surface area contributed by atoms with Gasteiger partial charge in [-0.3, -0.25) is 14.3 Å². The Balaban J connectivity index is 1.52. The number of methoxy groups -OCH3 is 1. The van der Waals surface area contributed by atoms with Crippen LogP contribution in [0.15, 0.2) is 78.1 Å². The number of anilines is 2. The molecule has 6 rings (SSSR count). The van der Waals surface area contributed by atoms with Gasteiger partial charge in [-0.15, -0.1) is 0 Å². The van der Waals surface area contributed by atoms with E-state index in [1.165, 1.54) is 39.6 Å². The van der Waals surface area contributed by atoms with Crippen LogP contribution in [0.5, 0.6) is 17.2 Å². The van der Waals surface area contributed by atoms with Crippen LogP contribution in [-0.2, 0) is 28.9 Å². The van der Waals surface area contributed by atoms with E-state index in [1.807, 2.05) is 38.1 Å². The second-order valence-corrected chi connectivity index (χ2v) is 11.2. The standard InChI is InChI=1S/C35H34FN3O6/c1-21-10-15-28(27(36)18-21)39-33-32(23(3)38(34(39)41)20-24-11-13-25(42-6)14-12-24)30(19-31(40)37(33)5)45-29-9-7-8-26(22(29)2)35(4)43-16-17-44-35/h7-15,18-19H,3,16-17,20H2,1-2,4-6H3. The van der Waals surface area contributed by atoms with Crippen LogP contribution in [0.4, 0.5) is 20.7 Å². The van der Waals surface area contributed by atoms with Crippen molar-refractivity contribution in [3.05, 3.63) is 117 Å². The summed E-state index contributed by atoms with van der Waals surface area (Å²) in [6.45, 7) is 10.8. The zero-order valence-corrected chi connectivity index (χ0v) is 25.8. The molecule has 0 bridgehead atoms. The van der Waals surface area contributed by atoms with Gasteiger partial charge < -0.3 is 18.9 Å². The molecule has 2 amide bonds. The van der Waals surface area contributed by atoms with E-state index in [2.05, 4.69) is 6.58 Å². The summed E-state index contributed by atoms with van der Waals surface area (Å²) in [5.41, 5.74) is 3.22. The minimum atomic E-state index is -0.944. The van der Waals surface area contributed by atoms with Crippen LogP contribution in [0.25, 0.3) is 5.70 Å². The van der Waals surface area contributed by atoms with Gasteiger partial charge in [0.05, 0.1) is 43.8 Å². The molecule has 9 nitrogen and oxygen atoms in total. The normalized spacial score (nSPS) is 15.8. The van der Waals surface area contributed by atoms with Crippen LogP contribution in [0, 0.1) is 19.7 Å². The Labute approximate surface area is 260 Å². The number of fused-ring (bicyclic) bond motifs is 1. The number of amides is 2. The molecule has 4 aromatic rings. The summed E-state index contributed by atoms with van der Waals surface area (Å²) < 4.78 is 40.5. The Morgan fingerprint density at radius 3 is 2.36 bits per heavy atom. The maximum Gasteiger partial charge on any atom is 0.335 e. The number of rotatable bonds is 7. The fourth-order valence-electron chi connectivity index (χ4n) is 5.83. The van der Waals surface area contributed by atoms with Gasteiger partial charge in [0.1, 0.15) is 28.9 Å². The topological polar surface area (TPSA) is 82.5 Å². The third-order valence-corrected chi connectivity index (χ3v) is 8.30. The molecule has 0 radical (unpaired) electrons. The molecule has 1 saturated heterocycles. The van der Waals surface area contributed by atoms with Gasteiger partial charge in [0.25, 0.3) is 5.56 Å². The molecule has 3 aromatic carbocycles. The lowest BCUT2D eigenvalue weighted by Crippen LogP contribution is -2.46. The maximum atomic E-state index is 15.6. The van der Waals surface area contributed by atoms with E-state index in [-0.39, 0.29) is 23.8 Å². The Bertz CT molecular complexity index is 1880. The van der Waals surface area contributed by atoms with Gasteiger partial charge in [-0.25, -0.2) is 14.1 Å². The number of nitrogens with zero attached hydrogens (tertiary/aromatic N) is 3. The van der Waals surface area contributed by atoms with Crippen molar-refractivity contribution in [2.24, 2.45) is 7.05 Å². The first-order valence-electron chi connectivity index (χ1n) is 14.5. The summed E-state index contributed by atoms with van der Waals surface area (Å²) in [4.78, 5) is 30.4. The van der Waals surface area contributed by atoms with Gasteiger partial charge >= 0.3 is 6.03 Å². The second kappa shape index (κ2) is 11.5. The third-order valence-electron chi connectivity index (χ3n) is 8.30. The van der Waals surface area contributed by atoms with Crippen molar-refractivity contribution in [3.63, 3.8) is 0 Å². The molecule has 3 heterocycles. The van der Waals surface area contributed by atoms with Crippen molar-refractivity contribution in [1.82, 2.24) is 9.47 Å². The summed E-state index contributed by atoms with van der Waals surface area (Å²) in [5.74, 6) is -0.116. The maximum absolute atomic E-state index is 15.6. The zero-order valence-electron chi connectivity index (χ0n) is 25.8. The summed E-state index contributed by atoms with van der Waals surface area (Å²) in [6.07, 6.45) is 0. The Hall–Kier alpha value is -4.93. The number of hydrogen-bond donors (Lipinski definition) is 0. The fraction of sp³-hybridized carbons (Fsp3) is 0.257. The highest BCUT2D eigenvalue weighted by molar-refractivity contribution is 6.09. The molecule has 1 fully saturated rings. The lowest BCUT2D eigenvalue weighted by Gasteiger charge is -2.39. The number of ether oxygens (including phenoxy) is 4. The lowest BCUT2D eigenvalue weighted by atomic mass is 10.0. The quantitative estimate of drug-likeness (QED) is 0.226. The molecule has 0 N–H and O–H groups in total. The first kappa shape index (κ1) is 30.1. The number of aromatic nitrogens is 1. The van der Waals surface area contributed by atoms with Gasteiger partial charge in [-0.1, -0.05) is 36.9 Å². The van der Waals surface area contributed by atoms with Crippen LogP contribution < -0.4 is 19.9 Å². The van der Waals surface area contributed by atoms with Gasteiger partial charge in [0.15, 0.2) is 5.79 Å². The minimum Gasteiger partial charge on any atom is -0.497 e. The van der Waals surface area contributed by atoms with Crippen molar-refractivity contribution < 1.29 is 28.1 Å². The van der Waals surface area contributed by atoms with Crippen molar-refractivity contribution in [1.29, 1.82) is 0 Å². The number of pyridine rings is 1. The molecule has 45 heavy (non-hydrogen) atoms. The molecule has 2 aliphatic rings. The highest BCUT2D eigenvalue weighted by Gasteiger charge is 2.40. The van der Waals surface area contributed by atoms with E-state index in [0.717, 1.165) is 16.7 Å². The minimum absolute atomic E-state index is 0.00661. The van der Waals surface area contributed by atoms with E-state index in [4.69, 9.17) is 18.9 Å². The average Bonchev–Trinajstić information content (AvgIpc) is 3.46. The van der Waals surface area contributed by atoms with Crippen LogP contribution in [0.3, 0.4) is 0 Å². The summed E-state index contributed by atoms with van der Waals surface area (Å²) in [5, 5.41) is 0. The van der Waals surface area contributed by atoms with Gasteiger partial charge in [-0.05, 0) is 62.2 Å². The van der Waals surface area contributed by atoms with E-state index >= 15 is 4.39 Å². The molecule has 2 aliphatic heterocycles. The Morgan fingerprint density at radius 1 is 0.978 bits per heavy atom. The van der Waals surface area contributed by atoms with Gasteiger partial charge in [-0.2, -0.15) is 0 Å². The Kier molecular flexibility index (Phi) is 7.72. The van der Waals surface area contributed by atoms with E-state index in [0.29, 0.717) is 41.5 Å². The molecule has 0 unspecified atom stereocenters. The zero-order chi connectivity index (χ0) is 32.0. The largest absolute Gasteiger partial charge is 0.497 e. The summed E-state index contributed by atoms with van der Waals surface area (Å²) in [7, 11) is 3.11. The van der Waals surface area contributed by atoms with Crippen LogP contribution in [-0.4, -0.2) is 35.8 Å². The summed E-state index contributed by atoms with van der Waals surface area (Å²) >= 11 is 0. The molecule has 0 saturated carbocycles. The number of carbonyl (C=O) groups is 1. The van der Waals surface area contributed by atoms with Crippen molar-refractivity contribution >= 4 is 23.2 Å². The lowest BCUT2D eigenvalue weighted by molar-refractivity contribution is -0.150. The number of benzene rings is 3. The third kappa shape index (κ3) is 5.26.